The van der Waals surface area contributed by atoms with Crippen LogP contribution in [0, 0.1) is 35.5 Å². The number of amides is 3. The van der Waals surface area contributed by atoms with Crippen molar-refractivity contribution in [2.75, 3.05) is 55.1 Å². The summed E-state index contributed by atoms with van der Waals surface area (Å²) in [5.74, 6) is -2.24. The Hall–Kier alpha value is -3.23. The normalized spacial score (nSPS) is 18.7. The van der Waals surface area contributed by atoms with Crippen molar-refractivity contribution in [2.24, 2.45) is 35.5 Å². The van der Waals surface area contributed by atoms with Gasteiger partial charge in [-0.25, -0.2) is 0 Å². The Kier molecular flexibility index (Phi) is 22.8. The molecule has 1 aliphatic heterocycles. The molecule has 1 heterocycles. The highest BCUT2D eigenvalue weighted by molar-refractivity contribution is 5.90. The van der Waals surface area contributed by atoms with Crippen LogP contribution < -0.4 is 10.8 Å². The molecule has 0 spiro atoms. The Morgan fingerprint density at radius 2 is 1.51 bits per heavy atom. The van der Waals surface area contributed by atoms with Gasteiger partial charge in [-0.15, -0.1) is 0 Å². The number of hydroxylamine groups is 1. The summed E-state index contributed by atoms with van der Waals surface area (Å²) >= 11 is 0. The van der Waals surface area contributed by atoms with Gasteiger partial charge in [-0.3, -0.25) is 33.7 Å². The van der Waals surface area contributed by atoms with Crippen LogP contribution in [0.15, 0.2) is 30.3 Å². The molecular weight excluding hydrogens is 775 g/mol. The molecule has 1 aliphatic rings. The van der Waals surface area contributed by atoms with Gasteiger partial charge in [-0.1, -0.05) is 85.2 Å². The Balaban J connectivity index is 2.28. The fourth-order valence-electron chi connectivity index (χ4n) is 9.03. The van der Waals surface area contributed by atoms with Crippen molar-refractivity contribution in [3.63, 3.8) is 0 Å². The standard InChI is InChI=1S/C48H83N5O8/c1-16-33(6)44(52(13)47(58)37(31(2)3)29-40(55)43(32(4)5)51(11)12)41(59-14)30-42(56)53-25-20-23-38(53)45(60-15)34(7)39(54)28-36(27-35-21-18-17-19-22-35)46(57)49-24-26-61-50-48(8,9)10/h17-19,21-22,31-34,36-38,41,43-45,50H,16,20,23-30H2,1-15H3,(H,49,57)/t33-,34-,36+,37-,38-,41+,43-,44-,45+/m0/s1. The maximum absolute atomic E-state index is 14.4. The number of ether oxygens (including phenoxy) is 2. The van der Waals surface area contributed by atoms with Crippen LogP contribution in [-0.2, 0) is 44.7 Å². The number of ketones is 2. The average molecular weight is 858 g/mol. The maximum atomic E-state index is 14.4. The third kappa shape index (κ3) is 16.4. The summed E-state index contributed by atoms with van der Waals surface area (Å²) in [5, 5.41) is 2.95. The zero-order chi connectivity index (χ0) is 46.2. The molecule has 0 radical (unpaired) electrons. The van der Waals surface area contributed by atoms with Crippen LogP contribution in [0.4, 0.5) is 0 Å². The smallest absolute Gasteiger partial charge is 0.226 e. The minimum absolute atomic E-state index is 0.00661. The molecule has 13 nitrogen and oxygen atoms in total. The number of hydrogen-bond donors (Lipinski definition) is 2. The predicted molar refractivity (Wildman–Crippen MR) is 241 cm³/mol. The van der Waals surface area contributed by atoms with Crippen LogP contribution in [0.2, 0.25) is 0 Å². The van der Waals surface area contributed by atoms with Crippen molar-refractivity contribution >= 4 is 29.3 Å². The monoisotopic (exact) mass is 858 g/mol. The van der Waals surface area contributed by atoms with Crippen molar-refractivity contribution in [2.45, 2.75) is 150 Å². The second-order valence-corrected chi connectivity index (χ2v) is 19.3. The van der Waals surface area contributed by atoms with Gasteiger partial charge in [0.2, 0.25) is 17.7 Å². The molecule has 1 saturated heterocycles. The van der Waals surface area contributed by atoms with E-state index in [4.69, 9.17) is 14.3 Å². The first-order valence-corrected chi connectivity index (χ1v) is 22.6. The van der Waals surface area contributed by atoms with Gasteiger partial charge >= 0.3 is 0 Å². The Bertz CT molecular complexity index is 1510. The van der Waals surface area contributed by atoms with Crippen LogP contribution in [0.1, 0.15) is 113 Å². The molecule has 0 aliphatic carbocycles. The minimum atomic E-state index is -0.613. The molecule has 1 aromatic carbocycles. The molecule has 2 N–H and O–H groups in total. The largest absolute Gasteiger partial charge is 0.379 e. The molecule has 0 saturated carbocycles. The highest BCUT2D eigenvalue weighted by atomic mass is 16.6. The number of nitrogens with zero attached hydrogens (tertiary/aromatic N) is 3. The molecule has 2 rings (SSSR count). The second kappa shape index (κ2) is 25.8. The van der Waals surface area contributed by atoms with Crippen LogP contribution in [0.5, 0.6) is 0 Å². The van der Waals surface area contributed by atoms with Crippen LogP contribution in [0.3, 0.4) is 0 Å². The highest BCUT2D eigenvalue weighted by Crippen LogP contribution is 2.32. The van der Waals surface area contributed by atoms with E-state index in [2.05, 4.69) is 24.6 Å². The molecule has 0 unspecified atom stereocenters. The van der Waals surface area contributed by atoms with Crippen LogP contribution >= 0.6 is 0 Å². The fraction of sp³-hybridized carbons (Fsp3) is 0.771. The topological polar surface area (TPSA) is 147 Å². The summed E-state index contributed by atoms with van der Waals surface area (Å²) in [6.07, 6.45) is 1.55. The van der Waals surface area contributed by atoms with Gasteiger partial charge in [-0.2, -0.15) is 5.48 Å². The van der Waals surface area contributed by atoms with Gasteiger partial charge in [0.05, 0.1) is 43.4 Å². The molecule has 9 atom stereocenters. The Labute approximate surface area is 368 Å². The van der Waals surface area contributed by atoms with Crippen molar-refractivity contribution in [3.05, 3.63) is 35.9 Å². The van der Waals surface area contributed by atoms with E-state index in [1.54, 1.807) is 26.2 Å². The van der Waals surface area contributed by atoms with Crippen molar-refractivity contribution in [3.8, 4) is 0 Å². The number of likely N-dealkylation sites (tertiary alicyclic amines) is 1. The number of hydrogen-bond acceptors (Lipinski definition) is 10. The number of methoxy groups -OCH3 is 2. The molecule has 1 aromatic rings. The lowest BCUT2D eigenvalue weighted by Crippen LogP contribution is -2.54. The first-order chi connectivity index (χ1) is 28.6. The second-order valence-electron chi connectivity index (χ2n) is 19.3. The van der Waals surface area contributed by atoms with Crippen molar-refractivity contribution in [1.82, 2.24) is 25.5 Å². The zero-order valence-electron chi connectivity index (χ0n) is 40.4. The number of rotatable bonds is 27. The Morgan fingerprint density at radius 1 is 0.869 bits per heavy atom. The minimum Gasteiger partial charge on any atom is -0.379 e. The lowest BCUT2D eigenvalue weighted by Gasteiger charge is -2.41. The van der Waals surface area contributed by atoms with E-state index in [-0.39, 0.29) is 97.1 Å². The lowest BCUT2D eigenvalue weighted by molar-refractivity contribution is -0.149. The van der Waals surface area contributed by atoms with E-state index in [0.29, 0.717) is 19.4 Å². The van der Waals surface area contributed by atoms with Gasteiger partial charge in [0.25, 0.3) is 0 Å². The number of nitrogens with one attached hydrogen (secondary N) is 2. The molecule has 61 heavy (non-hydrogen) atoms. The number of benzene rings is 1. The van der Waals surface area contributed by atoms with Gasteiger partial charge < -0.3 is 24.6 Å². The number of Topliss-reactive ketones (excluding diaryl/α,β-unsaturated/α-hetero) is 2. The zero-order valence-corrected chi connectivity index (χ0v) is 40.4. The van der Waals surface area contributed by atoms with Gasteiger partial charge in [0.15, 0.2) is 5.78 Å². The molecule has 13 heteroatoms. The third-order valence-corrected chi connectivity index (χ3v) is 12.4. The summed E-state index contributed by atoms with van der Waals surface area (Å²) in [4.78, 5) is 81.1. The summed E-state index contributed by atoms with van der Waals surface area (Å²) in [7, 11) is 8.72. The summed E-state index contributed by atoms with van der Waals surface area (Å²) in [5.41, 5.74) is 3.67. The van der Waals surface area contributed by atoms with E-state index in [9.17, 15) is 24.0 Å². The molecule has 0 aromatic heterocycles. The van der Waals surface area contributed by atoms with Gasteiger partial charge in [0, 0.05) is 70.5 Å². The quantitative estimate of drug-likeness (QED) is 0.0801. The molecule has 3 amide bonds. The SMILES string of the molecule is CC[C@H](C)[C@@H]([C@@H](CC(=O)N1CCC[C@H]1[C@H](OC)[C@@H](C)C(=O)C[C@@H](Cc1ccccc1)C(=O)NCCONC(C)(C)C)OC)N(C)C(=O)[C@@H](CC(=O)[C@H](C(C)C)N(C)C)C(C)C. The first kappa shape index (κ1) is 53.9. The molecular formula is C48H83N5O8. The number of carbonyl (C=O) groups is 5. The maximum Gasteiger partial charge on any atom is 0.226 e. The molecule has 348 valence electrons. The van der Waals surface area contributed by atoms with Crippen LogP contribution in [-0.4, -0.2) is 135 Å². The summed E-state index contributed by atoms with van der Waals surface area (Å²) in [6.45, 7) is 21.0. The van der Waals surface area contributed by atoms with E-state index >= 15 is 0 Å². The first-order valence-electron chi connectivity index (χ1n) is 22.6. The molecule has 1 fully saturated rings. The fourth-order valence-corrected chi connectivity index (χ4v) is 9.03. The van der Waals surface area contributed by atoms with Gasteiger partial charge in [0.1, 0.15) is 5.78 Å². The average Bonchev–Trinajstić information content (AvgIpc) is 3.68. The van der Waals surface area contributed by atoms with E-state index in [1.165, 1.54) is 0 Å². The highest BCUT2D eigenvalue weighted by Gasteiger charge is 2.43. The van der Waals surface area contributed by atoms with Crippen LogP contribution in [0.25, 0.3) is 0 Å². The molecule has 0 bridgehead atoms. The number of carbonyl (C=O) groups excluding carboxylic acids is 5. The summed E-state index contributed by atoms with van der Waals surface area (Å²) in [6, 6.07) is 8.59. The Morgan fingerprint density at radius 3 is 2.03 bits per heavy atom. The van der Waals surface area contributed by atoms with Crippen molar-refractivity contribution < 1.29 is 38.3 Å². The van der Waals surface area contributed by atoms with Crippen molar-refractivity contribution in [1.29, 1.82) is 0 Å². The van der Waals surface area contributed by atoms with E-state index < -0.39 is 36.0 Å². The van der Waals surface area contributed by atoms with Gasteiger partial charge in [-0.05, 0) is 77.4 Å². The van der Waals surface area contributed by atoms with E-state index in [1.807, 2.05) is 110 Å². The third-order valence-electron chi connectivity index (χ3n) is 12.4. The predicted octanol–water partition coefficient (Wildman–Crippen LogP) is 5.98. The van der Waals surface area contributed by atoms with E-state index in [0.717, 1.165) is 18.4 Å². The lowest BCUT2D eigenvalue weighted by atomic mass is 9.83. The number of likely N-dealkylation sites (N-methyl/N-ethyl adjacent to an activating group) is 2. The summed E-state index contributed by atoms with van der Waals surface area (Å²) < 4.78 is 12.1.